The first-order valence-electron chi connectivity index (χ1n) is 28.1. The molecule has 0 aromatic heterocycles. The van der Waals surface area contributed by atoms with Crippen molar-refractivity contribution >= 4 is 13.7 Å². The molecule has 0 saturated carbocycles. The lowest BCUT2D eigenvalue weighted by molar-refractivity contribution is -0.870. The second-order valence-corrected chi connectivity index (χ2v) is 21.3. The predicted molar refractivity (Wildman–Crippen MR) is 297 cm³/mol. The molecule has 3 atom stereocenters. The lowest BCUT2D eigenvalue weighted by Crippen LogP contribution is -2.45. The first kappa shape index (κ1) is 66.4. The van der Waals surface area contributed by atoms with Crippen molar-refractivity contribution in [3.63, 3.8) is 0 Å². The van der Waals surface area contributed by atoms with Gasteiger partial charge in [0.1, 0.15) is 13.2 Å². The molecule has 0 aliphatic heterocycles. The van der Waals surface area contributed by atoms with Crippen LogP contribution in [0.2, 0.25) is 0 Å². The van der Waals surface area contributed by atoms with Gasteiger partial charge in [-0.3, -0.25) is 9.36 Å². The Bertz CT molecular complexity index is 1440. The SMILES string of the molecule is CC/C=C\C/C=C\C/C=C\C/C=C\C/C=C\CCCCCCCCCCCCCCCCCCCC(=O)NC(COP(=O)([O-])OCC[N+](C)(C)C)C(O)/C=C/CC/C=C/CC/C=C/CCCCCC. The number of rotatable bonds is 50. The van der Waals surface area contributed by atoms with Gasteiger partial charge < -0.3 is 28.8 Å². The summed E-state index contributed by atoms with van der Waals surface area (Å²) in [6, 6.07) is -0.913. The topological polar surface area (TPSA) is 108 Å². The molecule has 2 N–H and O–H groups in total. The van der Waals surface area contributed by atoms with Crippen molar-refractivity contribution in [1.29, 1.82) is 0 Å². The van der Waals surface area contributed by atoms with Crippen LogP contribution in [0.5, 0.6) is 0 Å². The lowest BCUT2D eigenvalue weighted by Gasteiger charge is -2.29. The number of nitrogens with one attached hydrogen (secondary N) is 1. The molecular weight excluding hydrogens is 876 g/mol. The largest absolute Gasteiger partial charge is 0.756 e. The molecule has 0 radical (unpaired) electrons. The third-order valence-corrected chi connectivity index (χ3v) is 13.0. The third kappa shape index (κ3) is 53.1. The molecule has 0 aliphatic carbocycles. The van der Waals surface area contributed by atoms with E-state index in [0.717, 1.165) is 83.5 Å². The maximum atomic E-state index is 12.9. The minimum absolute atomic E-state index is 0.0120. The summed E-state index contributed by atoms with van der Waals surface area (Å²) < 4.78 is 23.3. The Kier molecular flexibility index (Phi) is 48.5. The monoisotopic (exact) mass is 983 g/mol. The van der Waals surface area contributed by atoms with Gasteiger partial charge in [-0.15, -0.1) is 0 Å². The number of carbonyl (C=O) groups excluding carboxylic acids is 1. The van der Waals surface area contributed by atoms with Gasteiger partial charge in [-0.1, -0.05) is 227 Å². The number of phosphoric ester groups is 1. The van der Waals surface area contributed by atoms with Crippen LogP contribution in [-0.4, -0.2) is 68.5 Å². The van der Waals surface area contributed by atoms with Gasteiger partial charge >= 0.3 is 0 Å². The van der Waals surface area contributed by atoms with Crippen molar-refractivity contribution in [2.45, 2.75) is 238 Å². The van der Waals surface area contributed by atoms with Gasteiger partial charge in [-0.2, -0.15) is 0 Å². The minimum Gasteiger partial charge on any atom is -0.756 e. The molecule has 9 heteroatoms. The summed E-state index contributed by atoms with van der Waals surface area (Å²) in [5.74, 6) is -0.214. The molecule has 0 aliphatic rings. The molecule has 69 heavy (non-hydrogen) atoms. The number of hydrogen-bond acceptors (Lipinski definition) is 6. The molecule has 3 unspecified atom stereocenters. The smallest absolute Gasteiger partial charge is 0.268 e. The second kappa shape index (κ2) is 50.4. The summed E-state index contributed by atoms with van der Waals surface area (Å²) in [7, 11) is 1.23. The summed E-state index contributed by atoms with van der Waals surface area (Å²) >= 11 is 0. The van der Waals surface area contributed by atoms with Gasteiger partial charge in [0.25, 0.3) is 7.82 Å². The number of unbranched alkanes of at least 4 members (excludes halogenated alkanes) is 23. The van der Waals surface area contributed by atoms with Crippen LogP contribution < -0.4 is 10.2 Å². The fraction of sp³-hybridized carbons (Fsp3) is 0.717. The fourth-order valence-electron chi connectivity index (χ4n) is 7.62. The number of carbonyl (C=O) groups is 1. The summed E-state index contributed by atoms with van der Waals surface area (Å²) in [5.41, 5.74) is 0. The van der Waals surface area contributed by atoms with E-state index >= 15 is 0 Å². The van der Waals surface area contributed by atoms with Crippen LogP contribution in [0, 0.1) is 0 Å². The van der Waals surface area contributed by atoms with Crippen LogP contribution >= 0.6 is 7.82 Å². The summed E-state index contributed by atoms with van der Waals surface area (Å²) in [4.78, 5) is 25.4. The first-order valence-corrected chi connectivity index (χ1v) is 29.6. The van der Waals surface area contributed by atoms with Crippen molar-refractivity contribution < 1.29 is 32.9 Å². The average Bonchev–Trinajstić information content (AvgIpc) is 3.31. The quantitative estimate of drug-likeness (QED) is 0.0272. The van der Waals surface area contributed by atoms with Gasteiger partial charge in [-0.25, -0.2) is 0 Å². The lowest BCUT2D eigenvalue weighted by atomic mass is 10.0. The van der Waals surface area contributed by atoms with Crippen LogP contribution in [-0.2, 0) is 18.4 Å². The van der Waals surface area contributed by atoms with Gasteiger partial charge in [0.2, 0.25) is 5.91 Å². The zero-order valence-corrected chi connectivity index (χ0v) is 46.1. The summed E-state index contributed by atoms with van der Waals surface area (Å²) in [5, 5.41) is 13.8. The molecule has 0 saturated heterocycles. The summed E-state index contributed by atoms with van der Waals surface area (Å²) in [6.07, 6.45) is 72.1. The van der Waals surface area contributed by atoms with Crippen molar-refractivity contribution in [1.82, 2.24) is 5.32 Å². The normalized spacial score (nSPS) is 14.7. The number of amides is 1. The van der Waals surface area contributed by atoms with Crippen LogP contribution in [0.1, 0.15) is 226 Å². The van der Waals surface area contributed by atoms with Crippen LogP contribution in [0.15, 0.2) is 97.2 Å². The van der Waals surface area contributed by atoms with E-state index in [1.807, 2.05) is 27.2 Å². The molecule has 0 rings (SSSR count). The van der Waals surface area contributed by atoms with E-state index in [1.165, 1.54) is 122 Å². The van der Waals surface area contributed by atoms with Crippen molar-refractivity contribution in [2.24, 2.45) is 0 Å². The van der Waals surface area contributed by atoms with E-state index in [1.54, 1.807) is 6.08 Å². The standard InChI is InChI=1S/C60H107N2O6P/c1-6-8-10-12-14-16-18-20-22-23-24-25-26-27-28-29-30-31-32-33-34-35-36-37-38-39-40-42-44-46-48-50-52-54-60(64)61-58(57-68-69(65,66)67-56-55-62(3,4)5)59(63)53-51-49-47-45-43-41-21-19-17-15-13-11-9-7-2/h8,10,14,16-17,19-20,22,24-25,27-28,43,45,51,53,58-59,63H,6-7,9,11-13,15,18,21,23,26,29-42,44,46-50,52,54-57H2,1-5H3,(H-,61,64,65,66)/b10-8-,16-14-,19-17+,22-20-,25-24-,28-27-,45-43+,53-51+. The van der Waals surface area contributed by atoms with E-state index in [9.17, 15) is 19.4 Å². The number of nitrogens with zero attached hydrogens (tertiary/aromatic N) is 1. The number of aliphatic hydroxyl groups is 1. The molecule has 0 heterocycles. The van der Waals surface area contributed by atoms with E-state index in [0.29, 0.717) is 17.4 Å². The van der Waals surface area contributed by atoms with E-state index in [-0.39, 0.29) is 12.5 Å². The van der Waals surface area contributed by atoms with E-state index < -0.39 is 26.6 Å². The number of likely N-dealkylation sites (N-methyl/N-ethyl adjacent to an activating group) is 1. The van der Waals surface area contributed by atoms with Crippen molar-refractivity contribution in [3.8, 4) is 0 Å². The molecule has 398 valence electrons. The Hall–Kier alpha value is -2.58. The molecule has 0 bridgehead atoms. The zero-order valence-electron chi connectivity index (χ0n) is 45.2. The number of hydrogen-bond donors (Lipinski definition) is 2. The Morgan fingerprint density at radius 2 is 0.899 bits per heavy atom. The Morgan fingerprint density at radius 1 is 0.522 bits per heavy atom. The molecule has 0 aromatic carbocycles. The minimum atomic E-state index is -4.61. The van der Waals surface area contributed by atoms with E-state index in [2.05, 4.69) is 104 Å². The zero-order chi connectivity index (χ0) is 50.6. The average molecular weight is 983 g/mol. The number of phosphoric acid groups is 1. The highest BCUT2D eigenvalue weighted by Crippen LogP contribution is 2.38. The molecular formula is C60H107N2O6P. The number of allylic oxidation sites excluding steroid dienone is 15. The van der Waals surface area contributed by atoms with Crippen LogP contribution in [0.25, 0.3) is 0 Å². The highest BCUT2D eigenvalue weighted by molar-refractivity contribution is 7.45. The van der Waals surface area contributed by atoms with Crippen molar-refractivity contribution in [2.75, 3.05) is 40.9 Å². The Morgan fingerprint density at radius 3 is 1.35 bits per heavy atom. The third-order valence-electron chi connectivity index (χ3n) is 12.0. The van der Waals surface area contributed by atoms with Gasteiger partial charge in [0, 0.05) is 6.42 Å². The van der Waals surface area contributed by atoms with Gasteiger partial charge in [-0.05, 0) is 89.9 Å². The maximum absolute atomic E-state index is 12.9. The van der Waals surface area contributed by atoms with Gasteiger partial charge in [0.15, 0.2) is 0 Å². The fourth-order valence-corrected chi connectivity index (χ4v) is 8.35. The predicted octanol–water partition coefficient (Wildman–Crippen LogP) is 16.4. The highest BCUT2D eigenvalue weighted by Gasteiger charge is 2.23. The first-order chi connectivity index (χ1) is 33.5. The summed E-state index contributed by atoms with van der Waals surface area (Å²) in [6.45, 7) is 4.48. The highest BCUT2D eigenvalue weighted by atomic mass is 31.2. The van der Waals surface area contributed by atoms with E-state index in [4.69, 9.17) is 9.05 Å². The number of quaternary nitrogens is 1. The van der Waals surface area contributed by atoms with Crippen LogP contribution in [0.4, 0.5) is 0 Å². The Balaban J connectivity index is 4.11. The second-order valence-electron chi connectivity index (χ2n) is 19.9. The maximum Gasteiger partial charge on any atom is 0.268 e. The molecule has 8 nitrogen and oxygen atoms in total. The van der Waals surface area contributed by atoms with Gasteiger partial charge in [0.05, 0.1) is 39.9 Å². The molecule has 0 spiro atoms. The van der Waals surface area contributed by atoms with Crippen LogP contribution in [0.3, 0.4) is 0 Å². The Labute approximate surface area is 426 Å². The molecule has 1 amide bonds. The number of aliphatic hydroxyl groups excluding tert-OH is 1. The molecule has 0 aromatic rings. The molecule has 0 fully saturated rings. The van der Waals surface area contributed by atoms with Crippen molar-refractivity contribution in [3.05, 3.63) is 97.2 Å².